The molecule has 2 aromatic rings. The first-order valence-corrected chi connectivity index (χ1v) is 8.02. The minimum atomic E-state index is 0.495. The molecule has 1 N–H and O–H groups in total. The molecule has 0 bridgehead atoms. The van der Waals surface area contributed by atoms with E-state index < -0.39 is 0 Å². The van der Waals surface area contributed by atoms with Crippen molar-refractivity contribution in [1.29, 1.82) is 0 Å². The van der Waals surface area contributed by atoms with Gasteiger partial charge in [-0.1, -0.05) is 41.9 Å². The highest BCUT2D eigenvalue weighted by atomic mass is 79.9. The van der Waals surface area contributed by atoms with Crippen LogP contribution in [0.25, 0.3) is 0 Å². The van der Waals surface area contributed by atoms with Gasteiger partial charge in [0, 0.05) is 17.1 Å². The molecule has 0 aromatic heterocycles. The molecule has 0 saturated heterocycles. The SMILES string of the molecule is Cc1cc(Oc2ccc(CNC(C)C)cc2)cc(C)c1Br. The van der Waals surface area contributed by atoms with Crippen LogP contribution >= 0.6 is 15.9 Å². The van der Waals surface area contributed by atoms with E-state index in [2.05, 4.69) is 61.1 Å². The van der Waals surface area contributed by atoms with Crippen LogP contribution in [-0.4, -0.2) is 6.04 Å². The molecule has 0 unspecified atom stereocenters. The third kappa shape index (κ3) is 4.58. The molecule has 21 heavy (non-hydrogen) atoms. The summed E-state index contributed by atoms with van der Waals surface area (Å²) in [7, 11) is 0. The molecule has 0 radical (unpaired) electrons. The van der Waals surface area contributed by atoms with Crippen LogP contribution in [0.5, 0.6) is 11.5 Å². The molecule has 3 heteroatoms. The largest absolute Gasteiger partial charge is 0.457 e. The number of nitrogens with one attached hydrogen (secondary N) is 1. The zero-order valence-corrected chi connectivity index (χ0v) is 14.6. The molecule has 0 spiro atoms. The lowest BCUT2D eigenvalue weighted by Crippen LogP contribution is -2.21. The number of hydrogen-bond donors (Lipinski definition) is 1. The van der Waals surface area contributed by atoms with Gasteiger partial charge in [0.15, 0.2) is 0 Å². The molecule has 0 aliphatic heterocycles. The molecule has 0 amide bonds. The smallest absolute Gasteiger partial charge is 0.128 e. The zero-order valence-electron chi connectivity index (χ0n) is 13.0. The van der Waals surface area contributed by atoms with Crippen LogP contribution in [-0.2, 0) is 6.54 Å². The summed E-state index contributed by atoms with van der Waals surface area (Å²) < 4.78 is 7.08. The second-order valence-electron chi connectivity index (χ2n) is 5.65. The molecule has 0 atom stereocenters. The van der Waals surface area contributed by atoms with Gasteiger partial charge < -0.3 is 10.1 Å². The number of rotatable bonds is 5. The average Bonchev–Trinajstić information content (AvgIpc) is 2.44. The van der Waals surface area contributed by atoms with Crippen LogP contribution in [0, 0.1) is 13.8 Å². The molecule has 2 rings (SSSR count). The van der Waals surface area contributed by atoms with Crippen molar-refractivity contribution in [2.75, 3.05) is 0 Å². The summed E-state index contributed by atoms with van der Waals surface area (Å²) >= 11 is 3.57. The molecule has 2 nitrogen and oxygen atoms in total. The summed E-state index contributed by atoms with van der Waals surface area (Å²) in [6, 6.07) is 12.8. The molecule has 112 valence electrons. The fourth-order valence-electron chi connectivity index (χ4n) is 2.10. The van der Waals surface area contributed by atoms with E-state index in [0.717, 1.165) is 22.5 Å². The maximum atomic E-state index is 5.93. The van der Waals surface area contributed by atoms with E-state index in [1.807, 2.05) is 24.3 Å². The first kappa shape index (κ1) is 16.1. The fourth-order valence-corrected chi connectivity index (χ4v) is 2.33. The Morgan fingerprint density at radius 2 is 1.57 bits per heavy atom. The van der Waals surface area contributed by atoms with Crippen molar-refractivity contribution in [3.8, 4) is 11.5 Å². The lowest BCUT2D eigenvalue weighted by molar-refractivity contribution is 0.481. The Hall–Kier alpha value is -1.32. The van der Waals surface area contributed by atoms with Crippen molar-refractivity contribution in [3.63, 3.8) is 0 Å². The third-order valence-electron chi connectivity index (χ3n) is 3.28. The van der Waals surface area contributed by atoms with Gasteiger partial charge in [-0.05, 0) is 54.8 Å². The van der Waals surface area contributed by atoms with E-state index in [0.29, 0.717) is 6.04 Å². The second kappa shape index (κ2) is 7.10. The first-order valence-electron chi connectivity index (χ1n) is 7.22. The topological polar surface area (TPSA) is 21.3 Å². The second-order valence-corrected chi connectivity index (χ2v) is 6.45. The molecular weight excluding hydrogens is 326 g/mol. The minimum absolute atomic E-state index is 0.495. The van der Waals surface area contributed by atoms with Crippen molar-refractivity contribution in [3.05, 3.63) is 57.6 Å². The van der Waals surface area contributed by atoms with Gasteiger partial charge in [0.05, 0.1) is 0 Å². The normalized spacial score (nSPS) is 11.0. The van der Waals surface area contributed by atoms with Crippen molar-refractivity contribution in [2.24, 2.45) is 0 Å². The van der Waals surface area contributed by atoms with E-state index >= 15 is 0 Å². The summed E-state index contributed by atoms with van der Waals surface area (Å²) in [4.78, 5) is 0. The molecule has 0 aliphatic rings. The van der Waals surface area contributed by atoms with E-state index in [-0.39, 0.29) is 0 Å². The van der Waals surface area contributed by atoms with Crippen LogP contribution in [0.2, 0.25) is 0 Å². The number of ether oxygens (including phenoxy) is 1. The zero-order chi connectivity index (χ0) is 15.4. The summed E-state index contributed by atoms with van der Waals surface area (Å²) in [5, 5.41) is 3.41. The third-order valence-corrected chi connectivity index (χ3v) is 4.53. The number of halogens is 1. The van der Waals surface area contributed by atoms with Crippen LogP contribution in [0.3, 0.4) is 0 Å². The summed E-state index contributed by atoms with van der Waals surface area (Å²) in [6.07, 6.45) is 0. The highest BCUT2D eigenvalue weighted by Gasteiger charge is 2.04. The minimum Gasteiger partial charge on any atom is -0.457 e. The van der Waals surface area contributed by atoms with Gasteiger partial charge in [-0.25, -0.2) is 0 Å². The Balaban J connectivity index is 2.06. The Morgan fingerprint density at radius 1 is 1.00 bits per heavy atom. The van der Waals surface area contributed by atoms with Crippen molar-refractivity contribution in [2.45, 2.75) is 40.3 Å². The van der Waals surface area contributed by atoms with Crippen LogP contribution in [0.1, 0.15) is 30.5 Å². The van der Waals surface area contributed by atoms with Gasteiger partial charge in [-0.2, -0.15) is 0 Å². The monoisotopic (exact) mass is 347 g/mol. The maximum Gasteiger partial charge on any atom is 0.128 e. The van der Waals surface area contributed by atoms with Crippen LogP contribution < -0.4 is 10.1 Å². The summed E-state index contributed by atoms with van der Waals surface area (Å²) in [5.74, 6) is 1.74. The molecule has 0 saturated carbocycles. The molecule has 0 heterocycles. The van der Waals surface area contributed by atoms with Gasteiger partial charge in [0.25, 0.3) is 0 Å². The number of hydrogen-bond acceptors (Lipinski definition) is 2. The molecule has 0 aliphatic carbocycles. The quantitative estimate of drug-likeness (QED) is 0.786. The van der Waals surface area contributed by atoms with Crippen LogP contribution in [0.15, 0.2) is 40.9 Å². The summed E-state index contributed by atoms with van der Waals surface area (Å²) in [5.41, 5.74) is 3.63. The molecule has 0 fully saturated rings. The van der Waals surface area contributed by atoms with Crippen molar-refractivity contribution >= 4 is 15.9 Å². The molecule has 2 aromatic carbocycles. The lowest BCUT2D eigenvalue weighted by Gasteiger charge is -2.11. The standard InChI is InChI=1S/C18H22BrNO/c1-12(2)20-11-15-5-7-16(8-6-15)21-17-9-13(3)18(19)14(4)10-17/h5-10,12,20H,11H2,1-4H3. The predicted molar refractivity (Wildman–Crippen MR) is 92.1 cm³/mol. The van der Waals surface area contributed by atoms with E-state index in [1.54, 1.807) is 0 Å². The van der Waals surface area contributed by atoms with Gasteiger partial charge in [-0.3, -0.25) is 0 Å². The Labute approximate surface area is 135 Å². The molecular formula is C18H22BrNO. The van der Waals surface area contributed by atoms with Crippen molar-refractivity contribution in [1.82, 2.24) is 5.32 Å². The number of benzene rings is 2. The van der Waals surface area contributed by atoms with Gasteiger partial charge >= 0.3 is 0 Å². The number of aryl methyl sites for hydroxylation is 2. The lowest BCUT2D eigenvalue weighted by atomic mass is 10.1. The Bertz CT molecular complexity index is 582. The van der Waals surface area contributed by atoms with Crippen molar-refractivity contribution < 1.29 is 4.74 Å². The fraction of sp³-hybridized carbons (Fsp3) is 0.333. The summed E-state index contributed by atoms with van der Waals surface area (Å²) in [6.45, 7) is 9.33. The Morgan fingerprint density at radius 3 is 2.10 bits per heavy atom. The predicted octanol–water partition coefficient (Wildman–Crippen LogP) is 5.36. The highest BCUT2D eigenvalue weighted by molar-refractivity contribution is 9.10. The van der Waals surface area contributed by atoms with Crippen LogP contribution in [0.4, 0.5) is 0 Å². The highest BCUT2D eigenvalue weighted by Crippen LogP contribution is 2.29. The van der Waals surface area contributed by atoms with E-state index in [9.17, 15) is 0 Å². The van der Waals surface area contributed by atoms with Gasteiger partial charge in [0.2, 0.25) is 0 Å². The van der Waals surface area contributed by atoms with E-state index in [1.165, 1.54) is 16.7 Å². The van der Waals surface area contributed by atoms with Gasteiger partial charge in [0.1, 0.15) is 11.5 Å². The Kier molecular flexibility index (Phi) is 5.43. The van der Waals surface area contributed by atoms with Gasteiger partial charge in [-0.15, -0.1) is 0 Å². The van der Waals surface area contributed by atoms with E-state index in [4.69, 9.17) is 4.74 Å². The average molecular weight is 348 g/mol. The maximum absolute atomic E-state index is 5.93. The first-order chi connectivity index (χ1) is 9.95.